The lowest BCUT2D eigenvalue weighted by molar-refractivity contribution is -0.870. The van der Waals surface area contributed by atoms with E-state index in [0.29, 0.717) is 23.9 Å². The Morgan fingerprint density at radius 2 is 1.06 bits per heavy atom. The summed E-state index contributed by atoms with van der Waals surface area (Å²) in [6.45, 7) is 4.33. The summed E-state index contributed by atoms with van der Waals surface area (Å²) >= 11 is 0. The van der Waals surface area contributed by atoms with E-state index in [9.17, 15) is 19.0 Å². The highest BCUT2D eigenvalue weighted by Crippen LogP contribution is 2.43. The molecule has 0 aromatic heterocycles. The van der Waals surface area contributed by atoms with Gasteiger partial charge in [-0.3, -0.25) is 18.6 Å². The minimum atomic E-state index is -4.37. The van der Waals surface area contributed by atoms with Crippen LogP contribution in [0.4, 0.5) is 0 Å². The number of carbonyl (C=O) groups is 2. The number of unbranched alkanes of at least 4 members (excludes halogenated alkanes) is 16. The second-order valence-electron chi connectivity index (χ2n) is 14.7. The molecule has 0 aliphatic heterocycles. The van der Waals surface area contributed by atoms with Crippen LogP contribution in [0.3, 0.4) is 0 Å². The van der Waals surface area contributed by atoms with Crippen molar-refractivity contribution < 1.29 is 42.1 Å². The van der Waals surface area contributed by atoms with E-state index < -0.39 is 32.5 Å². The Morgan fingerprint density at radius 3 is 1.61 bits per heavy atom. The Balaban J connectivity index is 4.47. The Hall–Kier alpha value is -1.77. The van der Waals surface area contributed by atoms with E-state index in [4.69, 9.17) is 18.5 Å². The average molecular weight is 743 g/mol. The predicted octanol–water partition coefficient (Wildman–Crippen LogP) is 11.0. The van der Waals surface area contributed by atoms with Crippen molar-refractivity contribution in [2.24, 2.45) is 0 Å². The molecule has 0 fully saturated rings. The van der Waals surface area contributed by atoms with Crippen molar-refractivity contribution in [1.29, 1.82) is 0 Å². The van der Waals surface area contributed by atoms with Gasteiger partial charge in [0.15, 0.2) is 6.10 Å². The van der Waals surface area contributed by atoms with Crippen molar-refractivity contribution in [3.63, 3.8) is 0 Å². The number of carbonyl (C=O) groups excluding carboxylic acids is 2. The maximum absolute atomic E-state index is 12.6. The minimum absolute atomic E-state index is 0.0262. The molecule has 0 rings (SSSR count). The van der Waals surface area contributed by atoms with Crippen molar-refractivity contribution >= 4 is 19.8 Å². The van der Waals surface area contributed by atoms with Gasteiger partial charge in [0, 0.05) is 12.8 Å². The number of hydrogen-bond donors (Lipinski definition) is 1. The third kappa shape index (κ3) is 37.8. The van der Waals surface area contributed by atoms with Gasteiger partial charge in [-0.15, -0.1) is 0 Å². The molecule has 0 aliphatic rings. The number of ether oxygens (including phenoxy) is 2. The summed E-state index contributed by atoms with van der Waals surface area (Å²) in [6, 6.07) is 0. The summed E-state index contributed by atoms with van der Waals surface area (Å²) in [7, 11) is 1.45. The first-order valence-electron chi connectivity index (χ1n) is 20.2. The van der Waals surface area contributed by atoms with Crippen LogP contribution < -0.4 is 0 Å². The van der Waals surface area contributed by atoms with E-state index in [0.717, 1.165) is 44.9 Å². The van der Waals surface area contributed by atoms with Crippen LogP contribution in [0.25, 0.3) is 0 Å². The second kappa shape index (κ2) is 34.0. The number of phosphoric acid groups is 1. The van der Waals surface area contributed by atoms with Crippen molar-refractivity contribution in [3.05, 3.63) is 36.5 Å². The van der Waals surface area contributed by atoms with Gasteiger partial charge in [0.25, 0.3) is 0 Å². The van der Waals surface area contributed by atoms with Gasteiger partial charge in [-0.1, -0.05) is 134 Å². The molecular formula is C41H77NO8P+. The Kier molecular flexibility index (Phi) is 32.8. The third-order valence-corrected chi connectivity index (χ3v) is 9.41. The Bertz CT molecular complexity index is 975. The Morgan fingerprint density at radius 1 is 0.608 bits per heavy atom. The molecule has 0 spiro atoms. The van der Waals surface area contributed by atoms with Crippen LogP contribution in [-0.4, -0.2) is 74.9 Å². The zero-order valence-corrected chi connectivity index (χ0v) is 34.2. The lowest BCUT2D eigenvalue weighted by Crippen LogP contribution is -2.37. The maximum atomic E-state index is 12.6. The highest BCUT2D eigenvalue weighted by atomic mass is 31.2. The molecule has 0 saturated carbocycles. The lowest BCUT2D eigenvalue weighted by atomic mass is 10.0. The van der Waals surface area contributed by atoms with Crippen LogP contribution in [0.5, 0.6) is 0 Å². The first-order chi connectivity index (χ1) is 24.5. The second-order valence-corrected chi connectivity index (χ2v) is 16.1. The largest absolute Gasteiger partial charge is 0.472 e. The van der Waals surface area contributed by atoms with Gasteiger partial charge in [0.1, 0.15) is 19.8 Å². The van der Waals surface area contributed by atoms with Gasteiger partial charge in [0.05, 0.1) is 27.7 Å². The minimum Gasteiger partial charge on any atom is -0.462 e. The fourth-order valence-electron chi connectivity index (χ4n) is 5.20. The highest BCUT2D eigenvalue weighted by Gasteiger charge is 2.27. The summed E-state index contributed by atoms with van der Waals surface area (Å²) in [6.07, 6.45) is 36.2. The number of esters is 2. The molecule has 0 aliphatic carbocycles. The predicted molar refractivity (Wildman–Crippen MR) is 210 cm³/mol. The molecule has 0 heterocycles. The first-order valence-corrected chi connectivity index (χ1v) is 21.7. The normalized spacial score (nSPS) is 14.1. The van der Waals surface area contributed by atoms with E-state index in [-0.39, 0.29) is 26.1 Å². The number of hydrogen-bond acceptors (Lipinski definition) is 7. The Labute approximate surface area is 312 Å². The van der Waals surface area contributed by atoms with E-state index in [1.807, 2.05) is 21.1 Å². The lowest BCUT2D eigenvalue weighted by Gasteiger charge is -2.24. The van der Waals surface area contributed by atoms with E-state index in [2.05, 4.69) is 50.3 Å². The standard InChI is InChI=1S/C41H76NO8P/c1-6-8-10-12-14-16-18-20-21-22-24-25-27-29-31-33-40(43)47-37-39(38-49-51(45,46)48-36-35-42(3,4)5)50-41(44)34-32-30-28-26-23-19-17-15-13-11-9-7-2/h14,16,20-21,24-25,39H,6-13,15,17-19,22-23,26-38H2,1-5H3/p+1/b16-14+,21-20+,25-24+/t39-/m1/s1. The molecule has 0 saturated heterocycles. The van der Waals surface area contributed by atoms with Crippen LogP contribution in [0.1, 0.15) is 162 Å². The molecule has 9 nitrogen and oxygen atoms in total. The summed E-state index contributed by atoms with van der Waals surface area (Å²) in [4.78, 5) is 35.2. The summed E-state index contributed by atoms with van der Waals surface area (Å²) in [5.74, 6) is -0.844. The first kappa shape index (κ1) is 49.2. The van der Waals surface area contributed by atoms with Gasteiger partial charge < -0.3 is 18.9 Å². The smallest absolute Gasteiger partial charge is 0.462 e. The molecule has 51 heavy (non-hydrogen) atoms. The van der Waals surface area contributed by atoms with Gasteiger partial charge in [-0.2, -0.15) is 0 Å². The van der Waals surface area contributed by atoms with Crippen molar-refractivity contribution in [2.45, 2.75) is 168 Å². The number of quaternary nitrogens is 1. The third-order valence-electron chi connectivity index (χ3n) is 8.42. The monoisotopic (exact) mass is 743 g/mol. The van der Waals surface area contributed by atoms with Crippen molar-refractivity contribution in [3.8, 4) is 0 Å². The van der Waals surface area contributed by atoms with Gasteiger partial charge in [-0.25, -0.2) is 4.57 Å². The van der Waals surface area contributed by atoms with Crippen LogP contribution in [-0.2, 0) is 32.7 Å². The summed E-state index contributed by atoms with van der Waals surface area (Å²) in [5, 5.41) is 0. The fourth-order valence-corrected chi connectivity index (χ4v) is 5.94. The topological polar surface area (TPSA) is 108 Å². The SMILES string of the molecule is CCCCC/C=C/C/C=C/C/C=C/CCCCC(=O)OC[C@H](COP(=O)(O)OCC[N+](C)(C)C)OC(=O)CCCCCCCCCCCCCC. The number of likely N-dealkylation sites (N-methyl/N-ethyl adjacent to an activating group) is 1. The molecule has 0 amide bonds. The van der Waals surface area contributed by atoms with Crippen LogP contribution in [0.15, 0.2) is 36.5 Å². The van der Waals surface area contributed by atoms with E-state index in [1.165, 1.54) is 77.0 Å². The molecular weight excluding hydrogens is 665 g/mol. The maximum Gasteiger partial charge on any atom is 0.472 e. The van der Waals surface area contributed by atoms with Crippen LogP contribution in [0, 0.1) is 0 Å². The highest BCUT2D eigenvalue weighted by molar-refractivity contribution is 7.47. The van der Waals surface area contributed by atoms with Gasteiger partial charge >= 0.3 is 19.8 Å². The summed E-state index contributed by atoms with van der Waals surface area (Å²) in [5.41, 5.74) is 0. The molecule has 0 radical (unpaired) electrons. The average Bonchev–Trinajstić information content (AvgIpc) is 3.07. The van der Waals surface area contributed by atoms with Gasteiger partial charge in [0.2, 0.25) is 0 Å². The summed E-state index contributed by atoms with van der Waals surface area (Å²) < 4.78 is 34.1. The number of phosphoric ester groups is 1. The number of rotatable bonds is 36. The van der Waals surface area contributed by atoms with Crippen LogP contribution >= 0.6 is 7.82 Å². The molecule has 298 valence electrons. The molecule has 0 bridgehead atoms. The molecule has 1 N–H and O–H groups in total. The molecule has 10 heteroatoms. The van der Waals surface area contributed by atoms with E-state index >= 15 is 0 Å². The zero-order valence-electron chi connectivity index (χ0n) is 33.3. The molecule has 0 aromatic carbocycles. The molecule has 1 unspecified atom stereocenters. The molecule has 2 atom stereocenters. The van der Waals surface area contributed by atoms with E-state index in [1.54, 1.807) is 0 Å². The van der Waals surface area contributed by atoms with Gasteiger partial charge in [-0.05, 0) is 51.4 Å². The van der Waals surface area contributed by atoms with Crippen molar-refractivity contribution in [2.75, 3.05) is 47.5 Å². The van der Waals surface area contributed by atoms with Crippen molar-refractivity contribution in [1.82, 2.24) is 0 Å². The van der Waals surface area contributed by atoms with Crippen LogP contribution in [0.2, 0.25) is 0 Å². The fraction of sp³-hybridized carbons (Fsp3) is 0.805. The number of allylic oxidation sites excluding steroid dienone is 6. The number of nitrogens with zero attached hydrogens (tertiary/aromatic N) is 1. The zero-order chi connectivity index (χ0) is 37.9. The quantitative estimate of drug-likeness (QED) is 0.0222. The molecule has 0 aromatic rings.